The second kappa shape index (κ2) is 4.19. The predicted octanol–water partition coefficient (Wildman–Crippen LogP) is 3.26. The maximum atomic E-state index is 13.0. The van der Waals surface area contributed by atoms with Gasteiger partial charge in [-0.25, -0.2) is 4.39 Å². The first-order chi connectivity index (χ1) is 5.66. The van der Waals surface area contributed by atoms with Gasteiger partial charge < -0.3 is 0 Å². The molecule has 0 unspecified atom stereocenters. The molecule has 1 nitrogen and oxygen atoms in total. The van der Waals surface area contributed by atoms with Gasteiger partial charge in [0.2, 0.25) is 0 Å². The Morgan fingerprint density at radius 3 is 2.83 bits per heavy atom. The van der Waals surface area contributed by atoms with Crippen LogP contribution in [0.2, 0.25) is 0 Å². The van der Waals surface area contributed by atoms with Crippen molar-refractivity contribution < 1.29 is 4.39 Å². The Morgan fingerprint density at radius 2 is 2.25 bits per heavy atom. The zero-order valence-corrected chi connectivity index (χ0v) is 9.69. The van der Waals surface area contributed by atoms with E-state index in [0.29, 0.717) is 5.56 Å². The topological polar surface area (TPSA) is 23.8 Å². The van der Waals surface area contributed by atoms with Gasteiger partial charge in [0.1, 0.15) is 5.82 Å². The average molecular weight is 340 g/mol. The predicted molar refractivity (Wildman–Crippen MR) is 56.1 cm³/mol. The summed E-state index contributed by atoms with van der Waals surface area (Å²) in [6.07, 6.45) is 0.115. The molecule has 0 spiro atoms. The molecule has 12 heavy (non-hydrogen) atoms. The third kappa shape index (κ3) is 1.96. The molecular formula is C8H4BrFIN. The SMILES string of the molecule is N#CCc1c(F)ccc(Br)c1I. The zero-order chi connectivity index (χ0) is 9.14. The van der Waals surface area contributed by atoms with Crippen molar-refractivity contribution in [2.24, 2.45) is 0 Å². The molecule has 0 saturated heterocycles. The molecule has 0 atom stereocenters. The molecule has 0 N–H and O–H groups in total. The Kier molecular flexibility index (Phi) is 3.47. The summed E-state index contributed by atoms with van der Waals surface area (Å²) in [4.78, 5) is 0. The minimum atomic E-state index is -0.316. The van der Waals surface area contributed by atoms with Crippen molar-refractivity contribution in [1.82, 2.24) is 0 Å². The van der Waals surface area contributed by atoms with Crippen LogP contribution in [0, 0.1) is 20.7 Å². The molecular weight excluding hydrogens is 336 g/mol. The maximum Gasteiger partial charge on any atom is 0.128 e. The highest BCUT2D eigenvalue weighted by atomic mass is 127. The van der Waals surface area contributed by atoms with Crippen molar-refractivity contribution in [3.8, 4) is 6.07 Å². The zero-order valence-electron chi connectivity index (χ0n) is 5.94. The molecule has 0 amide bonds. The molecule has 0 saturated carbocycles. The van der Waals surface area contributed by atoms with E-state index in [-0.39, 0.29) is 12.2 Å². The highest BCUT2D eigenvalue weighted by Crippen LogP contribution is 2.25. The maximum absolute atomic E-state index is 13.0. The van der Waals surface area contributed by atoms with E-state index in [1.807, 2.05) is 28.7 Å². The van der Waals surface area contributed by atoms with Gasteiger partial charge >= 0.3 is 0 Å². The van der Waals surface area contributed by atoms with E-state index in [1.54, 1.807) is 6.07 Å². The standard InChI is InChI=1S/C8H4BrFIN/c9-6-1-2-7(10)5(3-4-12)8(6)11/h1-2H,3H2. The van der Waals surface area contributed by atoms with E-state index in [9.17, 15) is 4.39 Å². The highest BCUT2D eigenvalue weighted by molar-refractivity contribution is 14.1. The van der Waals surface area contributed by atoms with Crippen LogP contribution in [-0.2, 0) is 6.42 Å². The lowest BCUT2D eigenvalue weighted by Gasteiger charge is -2.02. The van der Waals surface area contributed by atoms with E-state index < -0.39 is 0 Å². The molecule has 62 valence electrons. The summed E-state index contributed by atoms with van der Waals surface area (Å²) in [5.41, 5.74) is 0.465. The van der Waals surface area contributed by atoms with Gasteiger partial charge in [0.25, 0.3) is 0 Å². The van der Waals surface area contributed by atoms with Gasteiger partial charge in [0.05, 0.1) is 12.5 Å². The lowest BCUT2D eigenvalue weighted by molar-refractivity contribution is 0.613. The molecule has 0 bridgehead atoms. The number of rotatable bonds is 1. The van der Waals surface area contributed by atoms with Crippen molar-refractivity contribution in [2.75, 3.05) is 0 Å². The summed E-state index contributed by atoms with van der Waals surface area (Å²) in [7, 11) is 0. The van der Waals surface area contributed by atoms with E-state index in [2.05, 4.69) is 15.9 Å². The number of halogens is 3. The van der Waals surface area contributed by atoms with Gasteiger partial charge in [0.15, 0.2) is 0 Å². The second-order valence-corrected chi connectivity index (χ2v) is 4.09. The summed E-state index contributed by atoms with van der Waals surface area (Å²) in [6.45, 7) is 0. The molecule has 0 heterocycles. The molecule has 0 aliphatic rings. The summed E-state index contributed by atoms with van der Waals surface area (Å²) >= 11 is 5.28. The lowest BCUT2D eigenvalue weighted by Crippen LogP contribution is -1.93. The van der Waals surface area contributed by atoms with Crippen LogP contribution >= 0.6 is 38.5 Å². The van der Waals surface area contributed by atoms with Crippen molar-refractivity contribution >= 4 is 38.5 Å². The van der Waals surface area contributed by atoms with Gasteiger partial charge in [-0.1, -0.05) is 0 Å². The van der Waals surface area contributed by atoms with Crippen LogP contribution in [0.3, 0.4) is 0 Å². The minimum absolute atomic E-state index is 0.115. The third-order valence-corrected chi connectivity index (χ3v) is 4.03. The smallest absolute Gasteiger partial charge is 0.128 e. The van der Waals surface area contributed by atoms with Gasteiger partial charge in [-0.15, -0.1) is 0 Å². The number of hydrogen-bond acceptors (Lipinski definition) is 1. The number of benzene rings is 1. The average Bonchev–Trinajstić information content (AvgIpc) is 2.06. The van der Waals surface area contributed by atoms with E-state index >= 15 is 0 Å². The number of nitriles is 1. The quantitative estimate of drug-likeness (QED) is 0.569. The normalized spacial score (nSPS) is 9.50. The Hall–Kier alpha value is -0.150. The van der Waals surface area contributed by atoms with Crippen LogP contribution in [0.25, 0.3) is 0 Å². The van der Waals surface area contributed by atoms with Crippen molar-refractivity contribution in [2.45, 2.75) is 6.42 Å². The summed E-state index contributed by atoms with van der Waals surface area (Å²) in [5, 5.41) is 8.42. The molecule has 1 aromatic carbocycles. The van der Waals surface area contributed by atoms with Crippen LogP contribution < -0.4 is 0 Å². The summed E-state index contributed by atoms with van der Waals surface area (Å²) < 4.78 is 14.6. The fourth-order valence-electron chi connectivity index (χ4n) is 0.810. The Bertz CT molecular complexity index is 346. The second-order valence-electron chi connectivity index (χ2n) is 2.16. The summed E-state index contributed by atoms with van der Waals surface area (Å²) in [5.74, 6) is -0.316. The lowest BCUT2D eigenvalue weighted by atomic mass is 10.1. The Labute approximate surface area is 91.8 Å². The fraction of sp³-hybridized carbons (Fsp3) is 0.125. The first-order valence-electron chi connectivity index (χ1n) is 3.16. The van der Waals surface area contributed by atoms with Gasteiger partial charge in [-0.05, 0) is 50.7 Å². The van der Waals surface area contributed by atoms with E-state index in [4.69, 9.17) is 5.26 Å². The molecule has 0 aliphatic heterocycles. The van der Waals surface area contributed by atoms with Gasteiger partial charge in [0, 0.05) is 13.6 Å². The highest BCUT2D eigenvalue weighted by Gasteiger charge is 2.08. The van der Waals surface area contributed by atoms with Crippen molar-refractivity contribution in [1.29, 1.82) is 5.26 Å². The Balaban J connectivity index is 3.25. The molecule has 4 heteroatoms. The van der Waals surface area contributed by atoms with Crippen LogP contribution in [0.15, 0.2) is 16.6 Å². The molecule has 0 aliphatic carbocycles. The largest absolute Gasteiger partial charge is 0.207 e. The van der Waals surface area contributed by atoms with E-state index in [0.717, 1.165) is 8.04 Å². The van der Waals surface area contributed by atoms with Crippen molar-refractivity contribution in [3.05, 3.63) is 31.6 Å². The molecule has 0 aromatic heterocycles. The van der Waals surface area contributed by atoms with Crippen LogP contribution in [0.1, 0.15) is 5.56 Å². The van der Waals surface area contributed by atoms with Crippen LogP contribution in [0.4, 0.5) is 4.39 Å². The fourth-order valence-corrected chi connectivity index (χ4v) is 1.81. The van der Waals surface area contributed by atoms with Crippen LogP contribution in [-0.4, -0.2) is 0 Å². The first kappa shape index (κ1) is 9.93. The number of hydrogen-bond donors (Lipinski definition) is 0. The first-order valence-corrected chi connectivity index (χ1v) is 5.03. The third-order valence-electron chi connectivity index (χ3n) is 1.39. The summed E-state index contributed by atoms with van der Waals surface area (Å²) in [6, 6.07) is 4.92. The Morgan fingerprint density at radius 1 is 1.58 bits per heavy atom. The molecule has 0 fully saturated rings. The minimum Gasteiger partial charge on any atom is -0.207 e. The molecule has 1 aromatic rings. The monoisotopic (exact) mass is 339 g/mol. The van der Waals surface area contributed by atoms with Crippen LogP contribution in [0.5, 0.6) is 0 Å². The van der Waals surface area contributed by atoms with Crippen molar-refractivity contribution in [3.63, 3.8) is 0 Å². The van der Waals surface area contributed by atoms with Gasteiger partial charge in [-0.2, -0.15) is 5.26 Å². The number of nitrogens with zero attached hydrogens (tertiary/aromatic N) is 1. The molecule has 0 radical (unpaired) electrons. The molecule has 1 rings (SSSR count). The van der Waals surface area contributed by atoms with Gasteiger partial charge in [-0.3, -0.25) is 0 Å². The van der Waals surface area contributed by atoms with E-state index in [1.165, 1.54) is 6.07 Å².